The van der Waals surface area contributed by atoms with Gasteiger partial charge in [0.15, 0.2) is 6.10 Å². The molecule has 0 fully saturated rings. The summed E-state index contributed by atoms with van der Waals surface area (Å²) in [5, 5.41) is 13.0. The predicted octanol–water partition coefficient (Wildman–Crippen LogP) is 1.04. The molecule has 136 valence electrons. The topological polar surface area (TPSA) is 145 Å². The fraction of sp³-hybridized carbons (Fsp3) is 0.400. The Morgan fingerprint density at radius 1 is 1.28 bits per heavy atom. The lowest BCUT2D eigenvalue weighted by Gasteiger charge is -2.20. The number of esters is 1. The van der Waals surface area contributed by atoms with Crippen molar-refractivity contribution in [3.05, 3.63) is 33.9 Å². The highest BCUT2D eigenvalue weighted by Gasteiger charge is 2.29. The standard InChI is InChI=1S/C15H20N4O6/c1-8(2)12(13(20)17-15(16)22)25-14(21)9-5-6-10(18(3)4)11(7-9)19(23)24/h5-8,12H,1-4H3,(H3,16,17,20,22)/t12-/m0/s1. The number of imide groups is 1. The van der Waals surface area contributed by atoms with Crippen LogP contribution in [0.5, 0.6) is 0 Å². The molecule has 0 aliphatic heterocycles. The van der Waals surface area contributed by atoms with Gasteiger partial charge in [0.1, 0.15) is 5.69 Å². The van der Waals surface area contributed by atoms with Gasteiger partial charge in [-0.15, -0.1) is 0 Å². The molecule has 0 spiro atoms. The molecule has 1 rings (SSSR count). The lowest BCUT2D eigenvalue weighted by molar-refractivity contribution is -0.384. The van der Waals surface area contributed by atoms with E-state index in [1.807, 2.05) is 5.32 Å². The van der Waals surface area contributed by atoms with Crippen LogP contribution in [0.25, 0.3) is 0 Å². The normalized spacial score (nSPS) is 11.6. The van der Waals surface area contributed by atoms with Gasteiger partial charge in [-0.1, -0.05) is 13.8 Å². The van der Waals surface area contributed by atoms with Crippen LogP contribution >= 0.6 is 0 Å². The first-order valence-corrected chi connectivity index (χ1v) is 7.31. The van der Waals surface area contributed by atoms with Crippen LogP contribution in [0.3, 0.4) is 0 Å². The van der Waals surface area contributed by atoms with E-state index in [9.17, 15) is 24.5 Å². The van der Waals surface area contributed by atoms with Gasteiger partial charge in [-0.2, -0.15) is 0 Å². The maximum absolute atomic E-state index is 12.3. The van der Waals surface area contributed by atoms with Crippen LogP contribution in [0.15, 0.2) is 18.2 Å². The van der Waals surface area contributed by atoms with E-state index in [1.54, 1.807) is 27.9 Å². The van der Waals surface area contributed by atoms with Crippen LogP contribution in [0.1, 0.15) is 24.2 Å². The number of nitrogens with two attached hydrogens (primary N) is 1. The average Bonchev–Trinajstić information content (AvgIpc) is 2.50. The number of amides is 3. The van der Waals surface area contributed by atoms with E-state index in [2.05, 4.69) is 0 Å². The molecule has 1 aromatic rings. The molecule has 0 unspecified atom stereocenters. The smallest absolute Gasteiger partial charge is 0.339 e. The second kappa shape index (κ2) is 8.08. The van der Waals surface area contributed by atoms with Crippen molar-refractivity contribution in [2.45, 2.75) is 20.0 Å². The van der Waals surface area contributed by atoms with Crippen LogP contribution in [0, 0.1) is 16.0 Å². The largest absolute Gasteiger partial charge is 0.448 e. The van der Waals surface area contributed by atoms with E-state index in [4.69, 9.17) is 10.5 Å². The third-order valence-corrected chi connectivity index (χ3v) is 3.23. The second-order valence-electron chi connectivity index (χ2n) is 5.78. The van der Waals surface area contributed by atoms with Gasteiger partial charge in [-0.25, -0.2) is 9.59 Å². The first-order valence-electron chi connectivity index (χ1n) is 7.31. The van der Waals surface area contributed by atoms with Crippen molar-refractivity contribution >= 4 is 29.3 Å². The van der Waals surface area contributed by atoms with Crippen molar-refractivity contribution in [3.63, 3.8) is 0 Å². The van der Waals surface area contributed by atoms with Crippen molar-refractivity contribution in [1.82, 2.24) is 5.32 Å². The SMILES string of the molecule is CC(C)[C@H](OC(=O)c1ccc(N(C)C)c([N+](=O)[O-])c1)C(=O)NC(N)=O. The van der Waals surface area contributed by atoms with Gasteiger partial charge in [0, 0.05) is 20.2 Å². The van der Waals surface area contributed by atoms with E-state index in [0.717, 1.165) is 6.07 Å². The molecule has 1 atom stereocenters. The number of nitro groups is 1. The number of benzene rings is 1. The van der Waals surface area contributed by atoms with Gasteiger partial charge in [-0.3, -0.25) is 20.2 Å². The average molecular weight is 352 g/mol. The highest BCUT2D eigenvalue weighted by molar-refractivity contribution is 5.98. The Bertz CT molecular complexity index is 701. The number of nitrogens with one attached hydrogen (secondary N) is 1. The second-order valence-corrected chi connectivity index (χ2v) is 5.78. The molecule has 0 saturated heterocycles. The zero-order valence-electron chi connectivity index (χ0n) is 14.3. The predicted molar refractivity (Wildman–Crippen MR) is 89.2 cm³/mol. The number of nitro benzene ring substituents is 1. The van der Waals surface area contributed by atoms with Crippen molar-refractivity contribution in [2.24, 2.45) is 11.7 Å². The fourth-order valence-corrected chi connectivity index (χ4v) is 2.04. The summed E-state index contributed by atoms with van der Waals surface area (Å²) in [6.45, 7) is 3.21. The van der Waals surface area contributed by atoms with Crippen LogP contribution in [0.4, 0.5) is 16.2 Å². The highest BCUT2D eigenvalue weighted by Crippen LogP contribution is 2.28. The maximum Gasteiger partial charge on any atom is 0.339 e. The minimum Gasteiger partial charge on any atom is -0.448 e. The van der Waals surface area contributed by atoms with E-state index in [1.165, 1.54) is 17.0 Å². The molecule has 25 heavy (non-hydrogen) atoms. The summed E-state index contributed by atoms with van der Waals surface area (Å²) in [6.07, 6.45) is -1.27. The number of hydrogen-bond donors (Lipinski definition) is 2. The molecule has 0 saturated carbocycles. The molecule has 0 aliphatic rings. The summed E-state index contributed by atoms with van der Waals surface area (Å²) in [7, 11) is 3.26. The van der Waals surface area contributed by atoms with Gasteiger partial charge < -0.3 is 15.4 Å². The molecule has 3 N–H and O–H groups in total. The summed E-state index contributed by atoms with van der Waals surface area (Å²) in [5.41, 5.74) is 4.83. The number of primary amides is 1. The number of ether oxygens (including phenoxy) is 1. The Kier molecular flexibility index (Phi) is 6.43. The lowest BCUT2D eigenvalue weighted by Crippen LogP contribution is -2.45. The molecule has 10 nitrogen and oxygen atoms in total. The first kappa shape index (κ1) is 19.9. The molecule has 3 amide bonds. The zero-order valence-corrected chi connectivity index (χ0v) is 14.3. The summed E-state index contributed by atoms with van der Waals surface area (Å²) < 4.78 is 5.10. The van der Waals surface area contributed by atoms with E-state index in [-0.39, 0.29) is 11.3 Å². The van der Waals surface area contributed by atoms with Gasteiger partial charge in [0.25, 0.3) is 11.6 Å². The van der Waals surface area contributed by atoms with E-state index in [0.29, 0.717) is 5.69 Å². The van der Waals surface area contributed by atoms with Crippen molar-refractivity contribution in [2.75, 3.05) is 19.0 Å². The molecule has 0 aromatic heterocycles. The van der Waals surface area contributed by atoms with Crippen LogP contribution < -0.4 is 16.0 Å². The number of carbonyl (C=O) groups excluding carboxylic acids is 3. The monoisotopic (exact) mass is 352 g/mol. The number of nitrogens with zero attached hydrogens (tertiary/aromatic N) is 2. The Balaban J connectivity index is 3.09. The van der Waals surface area contributed by atoms with E-state index >= 15 is 0 Å². The number of carbonyl (C=O) groups is 3. The molecule has 0 heterocycles. The van der Waals surface area contributed by atoms with Crippen molar-refractivity contribution in [3.8, 4) is 0 Å². The minimum absolute atomic E-state index is 0.0881. The highest BCUT2D eigenvalue weighted by atomic mass is 16.6. The molecular formula is C15H20N4O6. The summed E-state index contributed by atoms with van der Waals surface area (Å²) >= 11 is 0. The molecule has 0 aliphatic carbocycles. The molecule has 10 heteroatoms. The Labute approximate surface area is 144 Å². The van der Waals surface area contributed by atoms with Crippen molar-refractivity contribution in [1.29, 1.82) is 0 Å². The van der Waals surface area contributed by atoms with Gasteiger partial charge in [0.2, 0.25) is 0 Å². The van der Waals surface area contributed by atoms with Crippen molar-refractivity contribution < 1.29 is 24.0 Å². The molecular weight excluding hydrogens is 332 g/mol. The first-order chi connectivity index (χ1) is 11.5. The fourth-order valence-electron chi connectivity index (χ4n) is 2.04. The molecule has 1 aromatic carbocycles. The number of rotatable bonds is 6. The lowest BCUT2D eigenvalue weighted by atomic mass is 10.1. The Hall–Kier alpha value is -3.17. The molecule has 0 radical (unpaired) electrons. The minimum atomic E-state index is -1.27. The van der Waals surface area contributed by atoms with Gasteiger partial charge in [-0.05, 0) is 18.1 Å². The third-order valence-electron chi connectivity index (χ3n) is 3.23. The summed E-state index contributed by atoms with van der Waals surface area (Å²) in [6, 6.07) is 2.76. The number of hydrogen-bond acceptors (Lipinski definition) is 7. The van der Waals surface area contributed by atoms with Crippen LogP contribution in [-0.4, -0.2) is 43.0 Å². The number of urea groups is 1. The maximum atomic E-state index is 12.3. The Morgan fingerprint density at radius 2 is 1.88 bits per heavy atom. The third kappa shape index (κ3) is 5.16. The number of anilines is 1. The molecule has 0 bridgehead atoms. The summed E-state index contributed by atoms with van der Waals surface area (Å²) in [4.78, 5) is 47.0. The quantitative estimate of drug-likeness (QED) is 0.442. The van der Waals surface area contributed by atoms with E-state index < -0.39 is 34.9 Å². The van der Waals surface area contributed by atoms with Crippen LogP contribution in [0.2, 0.25) is 0 Å². The Morgan fingerprint density at radius 3 is 2.32 bits per heavy atom. The summed E-state index contributed by atoms with van der Waals surface area (Å²) in [5.74, 6) is -2.23. The van der Waals surface area contributed by atoms with Gasteiger partial charge >= 0.3 is 12.0 Å². The zero-order chi connectivity index (χ0) is 19.3. The van der Waals surface area contributed by atoms with Gasteiger partial charge in [0.05, 0.1) is 10.5 Å². The van der Waals surface area contributed by atoms with Crippen LogP contribution in [-0.2, 0) is 9.53 Å².